The average molecular weight is 438 g/mol. The molecular formula is C25H28FN3O3. The lowest BCUT2D eigenvalue weighted by Gasteiger charge is -2.45. The molecule has 3 aromatic rings. The number of nitrogens with one attached hydrogen (secondary N) is 1. The SMILES string of the molecule is C[C@@H]1CCCC[C@H]1NC(=O)[C@]1(C)Cn2c(cc3occc32)C(=O)N1Cc1ccc(F)cc1. The summed E-state index contributed by atoms with van der Waals surface area (Å²) in [5.41, 5.74) is 1.60. The molecule has 2 aromatic heterocycles. The highest BCUT2D eigenvalue weighted by Gasteiger charge is 2.48. The second-order valence-electron chi connectivity index (χ2n) is 9.42. The molecule has 2 amide bonds. The van der Waals surface area contributed by atoms with Crippen LogP contribution in [0.5, 0.6) is 0 Å². The Kier molecular flexibility index (Phi) is 5.07. The molecule has 6 nitrogen and oxygen atoms in total. The summed E-state index contributed by atoms with van der Waals surface area (Å²) in [7, 11) is 0. The quantitative estimate of drug-likeness (QED) is 0.654. The van der Waals surface area contributed by atoms with Gasteiger partial charge in [-0.05, 0) is 43.4 Å². The van der Waals surface area contributed by atoms with Crippen LogP contribution in [0.25, 0.3) is 11.1 Å². The summed E-state index contributed by atoms with van der Waals surface area (Å²) >= 11 is 0. The van der Waals surface area contributed by atoms with Gasteiger partial charge >= 0.3 is 0 Å². The van der Waals surface area contributed by atoms with Gasteiger partial charge in [0.05, 0.1) is 18.3 Å². The summed E-state index contributed by atoms with van der Waals surface area (Å²) in [4.78, 5) is 29.0. The summed E-state index contributed by atoms with van der Waals surface area (Å²) in [6, 6.07) is 9.73. The minimum absolute atomic E-state index is 0.107. The van der Waals surface area contributed by atoms with Gasteiger partial charge in [-0.15, -0.1) is 0 Å². The van der Waals surface area contributed by atoms with Crippen molar-refractivity contribution in [1.29, 1.82) is 0 Å². The summed E-state index contributed by atoms with van der Waals surface area (Å²) in [5.74, 6) is -0.312. The third-order valence-electron chi connectivity index (χ3n) is 7.22. The molecule has 1 saturated carbocycles. The van der Waals surface area contributed by atoms with E-state index < -0.39 is 5.54 Å². The van der Waals surface area contributed by atoms with Gasteiger partial charge in [-0.25, -0.2) is 4.39 Å². The smallest absolute Gasteiger partial charge is 0.271 e. The second kappa shape index (κ2) is 7.80. The number of carbonyl (C=O) groups excluding carboxylic acids is 2. The Morgan fingerprint density at radius 1 is 1.22 bits per heavy atom. The van der Waals surface area contributed by atoms with E-state index in [-0.39, 0.29) is 30.2 Å². The maximum Gasteiger partial charge on any atom is 0.271 e. The highest BCUT2D eigenvalue weighted by molar-refractivity contribution is 6.02. The molecule has 1 aliphatic carbocycles. The van der Waals surface area contributed by atoms with Crippen LogP contribution in [0.1, 0.15) is 55.6 Å². The molecule has 5 rings (SSSR count). The van der Waals surface area contributed by atoms with E-state index in [4.69, 9.17) is 4.42 Å². The number of furan rings is 1. The Balaban J connectivity index is 1.52. The van der Waals surface area contributed by atoms with Gasteiger partial charge in [-0.1, -0.05) is 31.9 Å². The van der Waals surface area contributed by atoms with E-state index in [0.717, 1.165) is 30.3 Å². The number of carbonyl (C=O) groups is 2. The van der Waals surface area contributed by atoms with Gasteiger partial charge in [0.1, 0.15) is 17.1 Å². The summed E-state index contributed by atoms with van der Waals surface area (Å²) in [6.45, 7) is 4.54. The maximum atomic E-state index is 13.7. The van der Waals surface area contributed by atoms with Crippen LogP contribution in [-0.4, -0.2) is 32.9 Å². The number of aromatic nitrogens is 1. The topological polar surface area (TPSA) is 67.5 Å². The number of rotatable bonds is 4. The molecule has 7 heteroatoms. The van der Waals surface area contributed by atoms with E-state index in [1.165, 1.54) is 18.6 Å². The van der Waals surface area contributed by atoms with Crippen LogP contribution in [0, 0.1) is 11.7 Å². The Morgan fingerprint density at radius 3 is 2.72 bits per heavy atom. The fourth-order valence-corrected chi connectivity index (χ4v) is 5.15. The van der Waals surface area contributed by atoms with Crippen LogP contribution in [0.2, 0.25) is 0 Å². The number of amides is 2. The molecule has 0 saturated heterocycles. The molecule has 168 valence electrons. The first-order valence-corrected chi connectivity index (χ1v) is 11.3. The van der Waals surface area contributed by atoms with E-state index >= 15 is 0 Å². The second-order valence-corrected chi connectivity index (χ2v) is 9.42. The monoisotopic (exact) mass is 437 g/mol. The standard InChI is InChI=1S/C25H28FN3O3/c1-16-5-3-4-6-19(16)27-24(31)25(2)15-28-20-11-12-32-22(20)13-21(28)23(30)29(25)14-17-7-9-18(26)10-8-17/h7-13,16,19H,3-6,14-15H2,1-2H3,(H,27,31)/t16-,19-,25+/m1/s1. The number of benzene rings is 1. The summed E-state index contributed by atoms with van der Waals surface area (Å²) in [5, 5.41) is 3.26. The Bertz CT molecular complexity index is 1170. The van der Waals surface area contributed by atoms with Crippen molar-refractivity contribution in [1.82, 2.24) is 14.8 Å². The normalized spacial score (nSPS) is 25.7. The number of hydrogen-bond donors (Lipinski definition) is 1. The molecule has 0 unspecified atom stereocenters. The molecule has 1 aliphatic heterocycles. The van der Waals surface area contributed by atoms with Gasteiger partial charge in [-0.3, -0.25) is 9.59 Å². The molecular weight excluding hydrogens is 409 g/mol. The molecule has 0 radical (unpaired) electrons. The Labute approximate surface area is 186 Å². The third-order valence-corrected chi connectivity index (χ3v) is 7.22. The van der Waals surface area contributed by atoms with E-state index in [2.05, 4.69) is 12.2 Å². The minimum atomic E-state index is -1.10. The van der Waals surface area contributed by atoms with Crippen molar-refractivity contribution in [3.05, 3.63) is 59.7 Å². The van der Waals surface area contributed by atoms with Crippen LogP contribution in [0.3, 0.4) is 0 Å². The Hall–Kier alpha value is -3.09. The molecule has 1 N–H and O–H groups in total. The van der Waals surface area contributed by atoms with Crippen LogP contribution < -0.4 is 5.32 Å². The predicted octanol–water partition coefficient (Wildman–Crippen LogP) is 4.48. The zero-order chi connectivity index (χ0) is 22.5. The Morgan fingerprint density at radius 2 is 1.97 bits per heavy atom. The fourth-order valence-electron chi connectivity index (χ4n) is 5.15. The van der Waals surface area contributed by atoms with Crippen LogP contribution >= 0.6 is 0 Å². The van der Waals surface area contributed by atoms with Crippen LogP contribution in [0.4, 0.5) is 4.39 Å². The first kappa shape index (κ1) is 20.8. The van der Waals surface area contributed by atoms with Crippen LogP contribution in [0.15, 0.2) is 47.1 Å². The van der Waals surface area contributed by atoms with E-state index in [1.807, 2.05) is 17.6 Å². The average Bonchev–Trinajstić information content (AvgIpc) is 3.36. The molecule has 32 heavy (non-hydrogen) atoms. The molecule has 2 aliphatic rings. The highest BCUT2D eigenvalue weighted by atomic mass is 19.1. The van der Waals surface area contributed by atoms with E-state index in [0.29, 0.717) is 23.7 Å². The number of hydrogen-bond acceptors (Lipinski definition) is 3. The molecule has 0 bridgehead atoms. The first-order chi connectivity index (χ1) is 15.4. The van der Waals surface area contributed by atoms with Crippen LogP contribution in [-0.2, 0) is 17.9 Å². The summed E-state index contributed by atoms with van der Waals surface area (Å²) < 4.78 is 20.8. The van der Waals surface area contributed by atoms with Crippen molar-refractivity contribution in [2.75, 3.05) is 0 Å². The minimum Gasteiger partial charge on any atom is -0.463 e. The first-order valence-electron chi connectivity index (χ1n) is 11.3. The lowest BCUT2D eigenvalue weighted by Crippen LogP contribution is -2.65. The highest BCUT2D eigenvalue weighted by Crippen LogP contribution is 2.34. The lowest BCUT2D eigenvalue weighted by atomic mass is 9.85. The third kappa shape index (κ3) is 3.40. The molecule has 0 spiro atoms. The van der Waals surface area contributed by atoms with E-state index in [1.54, 1.807) is 29.4 Å². The lowest BCUT2D eigenvalue weighted by molar-refractivity contribution is -0.134. The van der Waals surface area contributed by atoms with Gasteiger partial charge in [0.25, 0.3) is 5.91 Å². The van der Waals surface area contributed by atoms with E-state index in [9.17, 15) is 14.0 Å². The van der Waals surface area contributed by atoms with Gasteiger partial charge < -0.3 is 19.2 Å². The van der Waals surface area contributed by atoms with Crippen molar-refractivity contribution in [3.8, 4) is 0 Å². The molecule has 1 aromatic carbocycles. The summed E-state index contributed by atoms with van der Waals surface area (Å²) in [6.07, 6.45) is 5.92. The fraction of sp³-hybridized carbons (Fsp3) is 0.440. The number of halogens is 1. The van der Waals surface area contributed by atoms with Crippen molar-refractivity contribution in [3.63, 3.8) is 0 Å². The number of fused-ring (bicyclic) bond motifs is 3. The molecule has 1 fully saturated rings. The van der Waals surface area contributed by atoms with Gasteiger partial charge in [0, 0.05) is 24.7 Å². The van der Waals surface area contributed by atoms with Crippen molar-refractivity contribution >= 4 is 22.9 Å². The van der Waals surface area contributed by atoms with Crippen molar-refractivity contribution in [2.24, 2.45) is 5.92 Å². The van der Waals surface area contributed by atoms with Crippen molar-refractivity contribution in [2.45, 2.75) is 64.2 Å². The zero-order valence-corrected chi connectivity index (χ0v) is 18.4. The van der Waals surface area contributed by atoms with Gasteiger partial charge in [0.2, 0.25) is 5.91 Å². The van der Waals surface area contributed by atoms with Crippen molar-refractivity contribution < 1.29 is 18.4 Å². The van der Waals surface area contributed by atoms with Gasteiger partial charge in [0.15, 0.2) is 5.58 Å². The zero-order valence-electron chi connectivity index (χ0n) is 18.4. The largest absolute Gasteiger partial charge is 0.463 e. The number of nitrogens with zero attached hydrogens (tertiary/aromatic N) is 2. The maximum absolute atomic E-state index is 13.7. The predicted molar refractivity (Wildman–Crippen MR) is 118 cm³/mol. The molecule has 3 heterocycles. The molecule has 3 atom stereocenters. The van der Waals surface area contributed by atoms with Gasteiger partial charge in [-0.2, -0.15) is 0 Å².